The second-order valence-electron chi connectivity index (χ2n) is 4.88. The van der Waals surface area contributed by atoms with Crippen molar-refractivity contribution in [3.63, 3.8) is 0 Å². The van der Waals surface area contributed by atoms with Crippen molar-refractivity contribution >= 4 is 23.2 Å². The van der Waals surface area contributed by atoms with Crippen molar-refractivity contribution in [3.05, 3.63) is 64.9 Å². The fourth-order valence-electron chi connectivity index (χ4n) is 2.01. The number of halogens is 2. The molecule has 2 aromatic carbocycles. The smallest absolute Gasteiger partial charge is 0.221 e. The third kappa shape index (κ3) is 5.37. The molecule has 5 heteroatoms. The maximum Gasteiger partial charge on any atom is 0.221 e. The van der Waals surface area contributed by atoms with Gasteiger partial charge in [-0.1, -0.05) is 29.8 Å². The Bertz CT molecular complexity index is 616. The maximum atomic E-state index is 13.4. The lowest BCUT2D eigenvalue weighted by Gasteiger charge is -2.08. The van der Waals surface area contributed by atoms with Crippen LogP contribution in [0.4, 0.5) is 10.1 Å². The van der Waals surface area contributed by atoms with Crippen LogP contribution in [-0.4, -0.2) is 19.0 Å². The predicted molar refractivity (Wildman–Crippen MR) is 87.7 cm³/mol. The minimum atomic E-state index is -0.235. The lowest BCUT2D eigenvalue weighted by atomic mass is 10.1. The fraction of sp³-hybridized carbons (Fsp3) is 0.235. The molecule has 1 amide bonds. The quantitative estimate of drug-likeness (QED) is 0.817. The molecule has 0 heterocycles. The maximum absolute atomic E-state index is 13.4. The van der Waals surface area contributed by atoms with Gasteiger partial charge in [0.15, 0.2) is 0 Å². The van der Waals surface area contributed by atoms with Crippen molar-refractivity contribution in [3.8, 4) is 0 Å². The molecule has 0 bridgehead atoms. The van der Waals surface area contributed by atoms with E-state index in [-0.39, 0.29) is 11.7 Å². The summed E-state index contributed by atoms with van der Waals surface area (Å²) in [5, 5.41) is 6.60. The molecule has 2 aromatic rings. The van der Waals surface area contributed by atoms with Crippen LogP contribution in [0, 0.1) is 5.82 Å². The fourth-order valence-corrected chi connectivity index (χ4v) is 2.14. The van der Waals surface area contributed by atoms with E-state index in [2.05, 4.69) is 10.6 Å². The molecule has 116 valence electrons. The molecule has 0 atom stereocenters. The van der Waals surface area contributed by atoms with E-state index in [0.717, 1.165) is 5.69 Å². The van der Waals surface area contributed by atoms with Crippen LogP contribution in [0.3, 0.4) is 0 Å². The third-order valence-electron chi connectivity index (χ3n) is 3.20. The molecule has 0 spiro atoms. The number of hydrogen-bond acceptors (Lipinski definition) is 2. The highest BCUT2D eigenvalue weighted by Gasteiger charge is 2.03. The molecule has 0 radical (unpaired) electrons. The first-order chi connectivity index (χ1) is 10.6. The van der Waals surface area contributed by atoms with Crippen LogP contribution in [0.15, 0.2) is 48.5 Å². The van der Waals surface area contributed by atoms with E-state index in [0.29, 0.717) is 36.5 Å². The lowest BCUT2D eigenvalue weighted by Crippen LogP contribution is -2.27. The minimum Gasteiger partial charge on any atom is -0.385 e. The van der Waals surface area contributed by atoms with E-state index in [4.69, 9.17) is 11.6 Å². The van der Waals surface area contributed by atoms with E-state index >= 15 is 0 Å². The second-order valence-corrected chi connectivity index (χ2v) is 5.31. The van der Waals surface area contributed by atoms with Gasteiger partial charge < -0.3 is 10.6 Å². The molecular formula is C17H18ClFN2O. The molecule has 0 saturated carbocycles. The van der Waals surface area contributed by atoms with E-state index < -0.39 is 0 Å². The molecule has 0 saturated heterocycles. The summed E-state index contributed by atoms with van der Waals surface area (Å²) in [6.07, 6.45) is 0.850. The van der Waals surface area contributed by atoms with Crippen molar-refractivity contribution in [2.75, 3.05) is 18.4 Å². The van der Waals surface area contributed by atoms with E-state index in [1.807, 2.05) is 12.1 Å². The van der Waals surface area contributed by atoms with Gasteiger partial charge in [0, 0.05) is 30.2 Å². The molecule has 0 unspecified atom stereocenters. The Kier molecular flexibility index (Phi) is 6.22. The molecule has 0 aliphatic carbocycles. The standard InChI is InChI=1S/C17H18ClFN2O/c18-14-5-7-15(8-6-14)20-12-10-17(22)21-11-9-13-3-1-2-4-16(13)19/h1-8,20H,9-12H2,(H,21,22). The predicted octanol–water partition coefficient (Wildman–Crippen LogP) is 3.64. The van der Waals surface area contributed by atoms with Gasteiger partial charge in [0.1, 0.15) is 5.82 Å². The Morgan fingerprint density at radius 1 is 1.05 bits per heavy atom. The topological polar surface area (TPSA) is 41.1 Å². The normalized spacial score (nSPS) is 10.3. The zero-order valence-electron chi connectivity index (χ0n) is 12.1. The molecule has 22 heavy (non-hydrogen) atoms. The highest BCUT2D eigenvalue weighted by Crippen LogP contribution is 2.13. The molecule has 2 N–H and O–H groups in total. The molecule has 0 fully saturated rings. The van der Waals surface area contributed by atoms with Crippen LogP contribution in [0.25, 0.3) is 0 Å². The Labute approximate surface area is 134 Å². The largest absolute Gasteiger partial charge is 0.385 e. The average molecular weight is 321 g/mol. The summed E-state index contributed by atoms with van der Waals surface area (Å²) >= 11 is 5.80. The van der Waals surface area contributed by atoms with Crippen LogP contribution < -0.4 is 10.6 Å². The van der Waals surface area contributed by atoms with Gasteiger partial charge in [-0.05, 0) is 42.3 Å². The Hall–Kier alpha value is -2.07. The number of hydrogen-bond donors (Lipinski definition) is 2. The highest BCUT2D eigenvalue weighted by molar-refractivity contribution is 6.30. The summed E-state index contributed by atoms with van der Waals surface area (Å²) in [5.41, 5.74) is 1.53. The molecular weight excluding hydrogens is 303 g/mol. The van der Waals surface area contributed by atoms with Crippen LogP contribution in [0.2, 0.25) is 5.02 Å². The van der Waals surface area contributed by atoms with E-state index in [9.17, 15) is 9.18 Å². The summed E-state index contributed by atoms with van der Waals surface area (Å²) in [6, 6.07) is 13.9. The summed E-state index contributed by atoms with van der Waals surface area (Å²) in [5.74, 6) is -0.293. The lowest BCUT2D eigenvalue weighted by molar-refractivity contribution is -0.120. The number of anilines is 1. The Morgan fingerprint density at radius 2 is 1.77 bits per heavy atom. The summed E-state index contributed by atoms with van der Waals surface area (Å²) in [4.78, 5) is 11.7. The number of nitrogens with one attached hydrogen (secondary N) is 2. The second kappa shape index (κ2) is 8.39. The van der Waals surface area contributed by atoms with Crippen molar-refractivity contribution < 1.29 is 9.18 Å². The first-order valence-electron chi connectivity index (χ1n) is 7.15. The van der Waals surface area contributed by atoms with Gasteiger partial charge in [-0.25, -0.2) is 4.39 Å². The number of amides is 1. The van der Waals surface area contributed by atoms with Crippen LogP contribution in [0.5, 0.6) is 0 Å². The van der Waals surface area contributed by atoms with Crippen molar-refractivity contribution in [1.29, 1.82) is 0 Å². The van der Waals surface area contributed by atoms with Crippen LogP contribution >= 0.6 is 11.6 Å². The zero-order valence-corrected chi connectivity index (χ0v) is 12.9. The average Bonchev–Trinajstić information content (AvgIpc) is 2.51. The molecule has 3 nitrogen and oxygen atoms in total. The molecule has 2 rings (SSSR count). The van der Waals surface area contributed by atoms with Crippen LogP contribution in [0.1, 0.15) is 12.0 Å². The number of carbonyl (C=O) groups is 1. The van der Waals surface area contributed by atoms with Gasteiger partial charge in [-0.3, -0.25) is 4.79 Å². The van der Waals surface area contributed by atoms with Gasteiger partial charge in [-0.2, -0.15) is 0 Å². The molecule has 0 aliphatic heterocycles. The minimum absolute atomic E-state index is 0.0576. The van der Waals surface area contributed by atoms with Gasteiger partial charge in [-0.15, -0.1) is 0 Å². The first-order valence-corrected chi connectivity index (χ1v) is 7.52. The molecule has 0 aromatic heterocycles. The SMILES string of the molecule is O=C(CCNc1ccc(Cl)cc1)NCCc1ccccc1F. The Balaban J connectivity index is 1.64. The van der Waals surface area contributed by atoms with Gasteiger partial charge in [0.2, 0.25) is 5.91 Å². The van der Waals surface area contributed by atoms with Crippen molar-refractivity contribution in [2.24, 2.45) is 0 Å². The number of rotatable bonds is 7. The van der Waals surface area contributed by atoms with Gasteiger partial charge in [0.05, 0.1) is 0 Å². The van der Waals surface area contributed by atoms with Gasteiger partial charge in [0.25, 0.3) is 0 Å². The number of benzene rings is 2. The Morgan fingerprint density at radius 3 is 2.50 bits per heavy atom. The first kappa shape index (κ1) is 16.3. The summed E-state index contributed by atoms with van der Waals surface area (Å²) < 4.78 is 13.4. The number of carbonyl (C=O) groups excluding carboxylic acids is 1. The highest BCUT2D eigenvalue weighted by atomic mass is 35.5. The van der Waals surface area contributed by atoms with Crippen LogP contribution in [-0.2, 0) is 11.2 Å². The van der Waals surface area contributed by atoms with Gasteiger partial charge >= 0.3 is 0 Å². The van der Waals surface area contributed by atoms with E-state index in [1.165, 1.54) is 6.07 Å². The molecule has 0 aliphatic rings. The summed E-state index contributed by atoms with van der Waals surface area (Å²) in [7, 11) is 0. The van der Waals surface area contributed by atoms with Crippen molar-refractivity contribution in [2.45, 2.75) is 12.8 Å². The third-order valence-corrected chi connectivity index (χ3v) is 3.45. The zero-order chi connectivity index (χ0) is 15.8. The summed E-state index contributed by atoms with van der Waals surface area (Å²) in [6.45, 7) is 0.966. The van der Waals surface area contributed by atoms with Crippen molar-refractivity contribution in [1.82, 2.24) is 5.32 Å². The monoisotopic (exact) mass is 320 g/mol. The van der Waals surface area contributed by atoms with E-state index in [1.54, 1.807) is 30.3 Å².